The van der Waals surface area contributed by atoms with E-state index in [1.54, 1.807) is 19.5 Å². The van der Waals surface area contributed by atoms with Crippen LogP contribution in [0, 0.1) is 11.8 Å². The first-order valence-corrected chi connectivity index (χ1v) is 11.9. The number of hydrogen-bond donors (Lipinski definition) is 0. The SMILES string of the molecule is COCCOCCOCCOCCOCCOCC#Cc1cncc(OC[C@@H]2CCCN2C)c1. The van der Waals surface area contributed by atoms with Gasteiger partial charge in [0.15, 0.2) is 0 Å². The molecule has 9 heteroatoms. The van der Waals surface area contributed by atoms with E-state index in [-0.39, 0.29) is 0 Å². The van der Waals surface area contributed by atoms with Crippen LogP contribution in [0.15, 0.2) is 18.5 Å². The summed E-state index contributed by atoms with van der Waals surface area (Å²) in [5.41, 5.74) is 0.817. The first-order chi connectivity index (χ1) is 16.8. The number of likely N-dealkylation sites (tertiary alicyclic amines) is 1. The smallest absolute Gasteiger partial charge is 0.138 e. The van der Waals surface area contributed by atoms with Gasteiger partial charge in [0.1, 0.15) is 19.0 Å². The molecule has 2 heterocycles. The molecule has 0 amide bonds. The minimum atomic E-state index is 0.338. The van der Waals surface area contributed by atoms with Crippen molar-refractivity contribution in [1.82, 2.24) is 9.88 Å². The number of nitrogens with zero attached hydrogens (tertiary/aromatic N) is 2. The van der Waals surface area contributed by atoms with Crippen LogP contribution in [0.5, 0.6) is 5.75 Å². The Labute approximate surface area is 203 Å². The molecule has 1 fully saturated rings. The number of pyridine rings is 1. The summed E-state index contributed by atoms with van der Waals surface area (Å²) < 4.78 is 37.9. The molecule has 1 saturated heterocycles. The Morgan fingerprint density at radius 2 is 1.50 bits per heavy atom. The Morgan fingerprint density at radius 1 is 0.882 bits per heavy atom. The molecule has 0 saturated carbocycles. The van der Waals surface area contributed by atoms with Gasteiger partial charge in [-0.15, -0.1) is 0 Å². The fourth-order valence-corrected chi connectivity index (χ4v) is 3.23. The lowest BCUT2D eigenvalue weighted by Gasteiger charge is -2.19. The van der Waals surface area contributed by atoms with Crippen molar-refractivity contribution in [2.45, 2.75) is 18.9 Å². The third-order valence-corrected chi connectivity index (χ3v) is 5.15. The molecule has 1 aliphatic heterocycles. The highest BCUT2D eigenvalue weighted by Gasteiger charge is 2.21. The van der Waals surface area contributed by atoms with Crippen molar-refractivity contribution in [3.63, 3.8) is 0 Å². The predicted octanol–water partition coefficient (Wildman–Crippen LogP) is 1.64. The van der Waals surface area contributed by atoms with Crippen molar-refractivity contribution in [3.8, 4) is 17.6 Å². The van der Waals surface area contributed by atoms with Gasteiger partial charge in [0, 0.05) is 24.9 Å². The van der Waals surface area contributed by atoms with Crippen LogP contribution in [0.2, 0.25) is 0 Å². The van der Waals surface area contributed by atoms with Crippen LogP contribution in [0.4, 0.5) is 0 Å². The standard InChI is InChI=1S/C25H40N2O7/c1-27-7-3-6-24(27)22-34-25-19-23(20-26-21-25)5-4-8-29-11-12-31-15-16-33-18-17-32-14-13-30-10-9-28-2/h19-21,24H,3,6-18,22H2,1-2H3/t24-/m0/s1. The molecule has 0 aliphatic carbocycles. The molecule has 1 aromatic heterocycles. The van der Waals surface area contributed by atoms with Gasteiger partial charge in [-0.3, -0.25) is 4.98 Å². The first kappa shape index (κ1) is 28.5. The maximum Gasteiger partial charge on any atom is 0.138 e. The number of aromatic nitrogens is 1. The van der Waals surface area contributed by atoms with Crippen molar-refractivity contribution >= 4 is 0 Å². The molecule has 34 heavy (non-hydrogen) atoms. The largest absolute Gasteiger partial charge is 0.490 e. The van der Waals surface area contributed by atoms with E-state index in [0.29, 0.717) is 85.3 Å². The topological polar surface area (TPSA) is 80.7 Å². The van der Waals surface area contributed by atoms with E-state index in [2.05, 4.69) is 28.8 Å². The summed E-state index contributed by atoms with van der Waals surface area (Å²) in [6, 6.07) is 2.40. The van der Waals surface area contributed by atoms with Gasteiger partial charge in [0.25, 0.3) is 0 Å². The molecule has 0 bridgehead atoms. The van der Waals surface area contributed by atoms with Gasteiger partial charge in [-0.05, 0) is 32.5 Å². The van der Waals surface area contributed by atoms with Crippen molar-refractivity contribution in [2.75, 3.05) is 100.0 Å². The lowest BCUT2D eigenvalue weighted by atomic mass is 10.2. The zero-order valence-corrected chi connectivity index (χ0v) is 20.7. The third-order valence-electron chi connectivity index (χ3n) is 5.15. The van der Waals surface area contributed by atoms with Crippen LogP contribution >= 0.6 is 0 Å². The molecule has 1 atom stereocenters. The Hall–Kier alpha value is -1.77. The average Bonchev–Trinajstić information content (AvgIpc) is 3.27. The number of methoxy groups -OCH3 is 1. The van der Waals surface area contributed by atoms with Crippen LogP contribution in [-0.2, 0) is 28.4 Å². The van der Waals surface area contributed by atoms with Crippen molar-refractivity contribution in [2.24, 2.45) is 0 Å². The van der Waals surface area contributed by atoms with E-state index >= 15 is 0 Å². The van der Waals surface area contributed by atoms with Gasteiger partial charge in [-0.2, -0.15) is 0 Å². The Kier molecular flexibility index (Phi) is 16.3. The molecule has 1 aromatic rings. The molecule has 0 N–H and O–H groups in total. The third kappa shape index (κ3) is 13.8. The predicted molar refractivity (Wildman–Crippen MR) is 128 cm³/mol. The summed E-state index contributed by atoms with van der Waals surface area (Å²) in [4.78, 5) is 6.55. The van der Waals surface area contributed by atoms with Gasteiger partial charge in [0.05, 0.1) is 72.3 Å². The molecule has 0 unspecified atom stereocenters. The lowest BCUT2D eigenvalue weighted by Crippen LogP contribution is -2.30. The fourth-order valence-electron chi connectivity index (χ4n) is 3.23. The number of likely N-dealkylation sites (N-methyl/N-ethyl adjacent to an activating group) is 1. The van der Waals surface area contributed by atoms with E-state index in [4.69, 9.17) is 33.2 Å². The normalized spacial score (nSPS) is 15.9. The number of rotatable bonds is 19. The Balaban J connectivity index is 1.39. The monoisotopic (exact) mass is 480 g/mol. The van der Waals surface area contributed by atoms with Crippen LogP contribution in [0.25, 0.3) is 0 Å². The fraction of sp³-hybridized carbons (Fsp3) is 0.720. The van der Waals surface area contributed by atoms with E-state index in [1.165, 1.54) is 12.8 Å². The summed E-state index contributed by atoms with van der Waals surface area (Å²) in [6.07, 6.45) is 5.87. The van der Waals surface area contributed by atoms with Crippen molar-refractivity contribution in [1.29, 1.82) is 0 Å². The molecule has 192 valence electrons. The van der Waals surface area contributed by atoms with Gasteiger partial charge < -0.3 is 38.1 Å². The molecule has 0 radical (unpaired) electrons. The average molecular weight is 481 g/mol. The maximum atomic E-state index is 5.90. The highest BCUT2D eigenvalue weighted by molar-refractivity contribution is 5.36. The first-order valence-electron chi connectivity index (χ1n) is 11.9. The van der Waals surface area contributed by atoms with Crippen molar-refractivity contribution < 1.29 is 33.2 Å². The highest BCUT2D eigenvalue weighted by atomic mass is 16.6. The summed E-state index contributed by atoms with van der Waals surface area (Å²) in [7, 11) is 3.79. The molecule has 2 rings (SSSR count). The molecular formula is C25H40N2O7. The van der Waals surface area contributed by atoms with Crippen LogP contribution < -0.4 is 4.74 Å². The second-order valence-electron chi connectivity index (χ2n) is 7.79. The second-order valence-corrected chi connectivity index (χ2v) is 7.79. The van der Waals surface area contributed by atoms with Crippen LogP contribution in [0.3, 0.4) is 0 Å². The molecule has 1 aliphatic rings. The molecule has 9 nitrogen and oxygen atoms in total. The summed E-state index contributed by atoms with van der Waals surface area (Å²) >= 11 is 0. The van der Waals surface area contributed by atoms with Gasteiger partial charge in [0.2, 0.25) is 0 Å². The van der Waals surface area contributed by atoms with E-state index in [9.17, 15) is 0 Å². The summed E-state index contributed by atoms with van der Waals surface area (Å²) in [6.45, 7) is 7.56. The second kappa shape index (κ2) is 19.5. The summed E-state index contributed by atoms with van der Waals surface area (Å²) in [5, 5.41) is 0. The van der Waals surface area contributed by atoms with Gasteiger partial charge >= 0.3 is 0 Å². The lowest BCUT2D eigenvalue weighted by molar-refractivity contribution is -0.0132. The van der Waals surface area contributed by atoms with E-state index in [1.807, 2.05) is 6.07 Å². The molecule has 0 spiro atoms. The number of hydrogen-bond acceptors (Lipinski definition) is 9. The zero-order chi connectivity index (χ0) is 24.1. The number of ether oxygens (including phenoxy) is 7. The Morgan fingerprint density at radius 3 is 2.09 bits per heavy atom. The highest BCUT2D eigenvalue weighted by Crippen LogP contribution is 2.17. The van der Waals surface area contributed by atoms with Crippen molar-refractivity contribution in [3.05, 3.63) is 24.0 Å². The maximum absolute atomic E-state index is 5.90. The van der Waals surface area contributed by atoms with Gasteiger partial charge in [-0.25, -0.2) is 0 Å². The molecule has 0 aromatic carbocycles. The minimum Gasteiger partial charge on any atom is -0.490 e. The summed E-state index contributed by atoms with van der Waals surface area (Å²) in [5.74, 6) is 6.81. The van der Waals surface area contributed by atoms with Gasteiger partial charge in [-0.1, -0.05) is 11.8 Å². The van der Waals surface area contributed by atoms with Crippen LogP contribution in [-0.4, -0.2) is 116 Å². The molecular weight excluding hydrogens is 440 g/mol. The quantitative estimate of drug-likeness (QED) is 0.217. The van der Waals surface area contributed by atoms with Crippen LogP contribution in [0.1, 0.15) is 18.4 Å². The van der Waals surface area contributed by atoms with E-state index < -0.39 is 0 Å². The minimum absolute atomic E-state index is 0.338. The zero-order valence-electron chi connectivity index (χ0n) is 20.7. The van der Waals surface area contributed by atoms with E-state index in [0.717, 1.165) is 17.9 Å². The Bertz CT molecular complexity index is 695.